The van der Waals surface area contributed by atoms with Gasteiger partial charge in [0.05, 0.1) is 16.6 Å². The smallest absolute Gasteiger partial charge is 0.319 e. The van der Waals surface area contributed by atoms with Crippen LogP contribution in [0.25, 0.3) is 32.9 Å². The number of aromatic nitrogens is 3. The predicted octanol–water partition coefficient (Wildman–Crippen LogP) is 6.91. The average molecular weight is 661 g/mol. The molecule has 4 aromatic rings. The maximum atomic E-state index is 17.3. The Morgan fingerprint density at radius 1 is 0.979 bits per heavy atom. The first kappa shape index (κ1) is 30.5. The zero-order valence-electron chi connectivity index (χ0n) is 27.4. The van der Waals surface area contributed by atoms with E-state index in [0.29, 0.717) is 83.5 Å². The minimum atomic E-state index is -0.907. The van der Waals surface area contributed by atoms with Gasteiger partial charge in [-0.25, -0.2) is 22.5 Å². The van der Waals surface area contributed by atoms with E-state index in [1.54, 1.807) is 6.07 Å². The van der Waals surface area contributed by atoms with Crippen LogP contribution in [0.4, 0.5) is 23.4 Å². The molecule has 1 aliphatic carbocycles. The van der Waals surface area contributed by atoms with Crippen molar-refractivity contribution in [3.63, 3.8) is 0 Å². The third-order valence-corrected chi connectivity index (χ3v) is 11.6. The van der Waals surface area contributed by atoms with Gasteiger partial charge in [-0.05, 0) is 93.7 Å². The molecule has 0 radical (unpaired) electrons. The van der Waals surface area contributed by atoms with Gasteiger partial charge in [0.25, 0.3) is 0 Å². The summed E-state index contributed by atoms with van der Waals surface area (Å²) in [4.78, 5) is 18.8. The summed E-state index contributed by atoms with van der Waals surface area (Å²) in [5.74, 6) is -0.894. The molecule has 1 saturated carbocycles. The van der Waals surface area contributed by atoms with Crippen LogP contribution in [0.1, 0.15) is 74.6 Å². The minimum Gasteiger partial charge on any atom is -0.461 e. The summed E-state index contributed by atoms with van der Waals surface area (Å²) in [6.45, 7) is 6.49. The van der Waals surface area contributed by atoms with E-state index in [9.17, 15) is 4.39 Å². The zero-order valence-corrected chi connectivity index (χ0v) is 27.4. The number of benzene rings is 2. The van der Waals surface area contributed by atoms with E-state index < -0.39 is 23.3 Å². The minimum absolute atomic E-state index is 0.0137. The summed E-state index contributed by atoms with van der Waals surface area (Å²) in [5.41, 5.74) is 1.40. The number of fused-ring (bicyclic) bond motifs is 5. The monoisotopic (exact) mass is 660 g/mol. The normalized spacial score (nSPS) is 27.0. The summed E-state index contributed by atoms with van der Waals surface area (Å²) >= 11 is 0. The van der Waals surface area contributed by atoms with Crippen molar-refractivity contribution in [3.05, 3.63) is 52.5 Å². The Morgan fingerprint density at radius 2 is 1.77 bits per heavy atom. The Bertz CT molecular complexity index is 1960. The largest absolute Gasteiger partial charge is 0.461 e. The van der Waals surface area contributed by atoms with E-state index in [2.05, 4.69) is 15.1 Å². The van der Waals surface area contributed by atoms with Gasteiger partial charge in [-0.1, -0.05) is 6.92 Å². The Hall–Kier alpha value is -3.57. The van der Waals surface area contributed by atoms with Crippen LogP contribution in [-0.4, -0.2) is 76.4 Å². The number of piperazine rings is 1. The molecule has 9 rings (SSSR count). The second kappa shape index (κ2) is 11.2. The van der Waals surface area contributed by atoms with Crippen LogP contribution in [0.2, 0.25) is 0 Å². The Labute approximate surface area is 277 Å². The number of nitrogens with one attached hydrogen (secondary N) is 1. The van der Waals surface area contributed by atoms with Gasteiger partial charge in [-0.15, -0.1) is 0 Å². The lowest BCUT2D eigenvalue weighted by Crippen LogP contribution is -2.51. The van der Waals surface area contributed by atoms with Crippen LogP contribution in [0.5, 0.6) is 6.01 Å². The Morgan fingerprint density at radius 3 is 2.52 bits per heavy atom. The van der Waals surface area contributed by atoms with Gasteiger partial charge >= 0.3 is 6.01 Å². The molecule has 1 N–H and O–H groups in total. The molecule has 2 aromatic heterocycles. The number of halogens is 4. The van der Waals surface area contributed by atoms with E-state index in [1.165, 1.54) is 12.1 Å². The van der Waals surface area contributed by atoms with Crippen LogP contribution in [0, 0.1) is 24.4 Å². The van der Waals surface area contributed by atoms with Crippen molar-refractivity contribution >= 4 is 27.5 Å². The van der Waals surface area contributed by atoms with Crippen molar-refractivity contribution in [3.8, 4) is 17.3 Å². The highest BCUT2D eigenvalue weighted by Gasteiger charge is 2.49. The van der Waals surface area contributed by atoms with E-state index in [4.69, 9.17) is 19.7 Å². The highest BCUT2D eigenvalue weighted by atomic mass is 19.1. The second-order valence-corrected chi connectivity index (χ2v) is 14.7. The van der Waals surface area contributed by atoms with Gasteiger partial charge in [0.2, 0.25) is 0 Å². The molecular weight excluding hydrogens is 620 g/mol. The molecule has 6 heterocycles. The number of hydrogen-bond acceptors (Lipinski definition) is 7. The molecular formula is C37H40F4N6O. The number of rotatable bonds is 7. The van der Waals surface area contributed by atoms with Crippen molar-refractivity contribution in [2.75, 3.05) is 37.7 Å². The van der Waals surface area contributed by atoms with Crippen LogP contribution in [-0.2, 0) is 6.42 Å². The van der Waals surface area contributed by atoms with E-state index in [-0.39, 0.29) is 40.9 Å². The van der Waals surface area contributed by atoms with Crippen LogP contribution in [0.3, 0.4) is 0 Å². The molecule has 7 nitrogen and oxygen atoms in total. The summed E-state index contributed by atoms with van der Waals surface area (Å²) < 4.78 is 69.3. The number of alkyl halides is 1. The quantitative estimate of drug-likeness (QED) is 0.216. The van der Waals surface area contributed by atoms with Crippen LogP contribution >= 0.6 is 0 Å². The topological polar surface area (TPSA) is 66.4 Å². The van der Waals surface area contributed by atoms with Gasteiger partial charge in [-0.3, -0.25) is 4.90 Å². The third kappa shape index (κ3) is 4.78. The molecule has 2 unspecified atom stereocenters. The van der Waals surface area contributed by atoms with Gasteiger partial charge in [0, 0.05) is 54.5 Å². The predicted molar refractivity (Wildman–Crippen MR) is 177 cm³/mol. The standard InChI is InChI=1S/C37H40F4N6O/c1-3-24-28(39)10-9-25-30(24)27(13-26(31(25)40)20-5-6-20)33-32(41)34-29(19(2)42-33)35(46-16-22-7-8-23(17-46)43-22)45-36(44-34)48-18-37-11-4-12-47(37)15-21(38)14-37/h9-10,13,20-23,43H,3-8,11-12,14-18H2,1-2H3/t21-,22?,23?,37+/m1/s1. The molecule has 11 heteroatoms. The maximum Gasteiger partial charge on any atom is 0.319 e. The second-order valence-electron chi connectivity index (χ2n) is 14.7. The summed E-state index contributed by atoms with van der Waals surface area (Å²) in [5, 5.41) is 4.77. The Balaban J connectivity index is 1.23. The number of ether oxygens (including phenoxy) is 1. The number of aryl methyl sites for hydroxylation is 2. The molecule has 4 aliphatic heterocycles. The SMILES string of the molecule is CCc1c(F)ccc2c(F)c(C3CC3)cc(-c3nc(C)c4c(N5CC6CCC(C5)N6)nc(OC[C@@]56CCCN5C[C@H](F)C6)nc4c3F)c12. The lowest BCUT2D eigenvalue weighted by atomic mass is 9.91. The number of hydrogen-bond donors (Lipinski definition) is 1. The van der Waals surface area contributed by atoms with Crippen LogP contribution in [0.15, 0.2) is 18.2 Å². The molecule has 0 spiro atoms. The first-order valence-electron chi connectivity index (χ1n) is 17.6. The average Bonchev–Trinajstić information content (AvgIpc) is 3.67. The van der Waals surface area contributed by atoms with Gasteiger partial charge < -0.3 is 15.0 Å². The lowest BCUT2D eigenvalue weighted by molar-refractivity contribution is 0.107. The first-order chi connectivity index (χ1) is 23.2. The van der Waals surface area contributed by atoms with Crippen molar-refractivity contribution in [1.29, 1.82) is 0 Å². The third-order valence-electron chi connectivity index (χ3n) is 11.6. The van der Waals surface area contributed by atoms with Crippen molar-refractivity contribution < 1.29 is 22.3 Å². The molecule has 5 fully saturated rings. The number of nitrogens with zero attached hydrogens (tertiary/aromatic N) is 5. The van der Waals surface area contributed by atoms with Crippen molar-refractivity contribution in [1.82, 2.24) is 25.2 Å². The fourth-order valence-electron chi connectivity index (χ4n) is 9.18. The first-order valence-corrected chi connectivity index (χ1v) is 17.6. The summed E-state index contributed by atoms with van der Waals surface area (Å²) in [6, 6.07) is 5.09. The molecule has 4 saturated heterocycles. The van der Waals surface area contributed by atoms with E-state index >= 15 is 13.2 Å². The molecule has 4 atom stereocenters. The molecule has 2 bridgehead atoms. The fraction of sp³-hybridized carbons (Fsp3) is 0.541. The highest BCUT2D eigenvalue weighted by Crippen LogP contribution is 2.47. The number of anilines is 1. The molecule has 0 amide bonds. The molecule has 252 valence electrons. The lowest BCUT2D eigenvalue weighted by Gasteiger charge is -2.35. The van der Waals surface area contributed by atoms with Crippen LogP contribution < -0.4 is 15.0 Å². The summed E-state index contributed by atoms with van der Waals surface area (Å²) in [6.07, 6.45) is 5.41. The van der Waals surface area contributed by atoms with E-state index in [0.717, 1.165) is 45.1 Å². The van der Waals surface area contributed by atoms with Crippen molar-refractivity contribution in [2.24, 2.45) is 0 Å². The van der Waals surface area contributed by atoms with Gasteiger partial charge in [0.15, 0.2) is 5.82 Å². The van der Waals surface area contributed by atoms with E-state index in [1.807, 2.05) is 13.8 Å². The van der Waals surface area contributed by atoms with Gasteiger partial charge in [-0.2, -0.15) is 9.97 Å². The van der Waals surface area contributed by atoms with Crippen molar-refractivity contribution in [2.45, 2.75) is 94.9 Å². The molecule has 48 heavy (non-hydrogen) atoms. The van der Waals surface area contributed by atoms with Gasteiger partial charge in [0.1, 0.15) is 41.4 Å². The molecule has 2 aromatic carbocycles. The molecule has 5 aliphatic rings. The fourth-order valence-corrected chi connectivity index (χ4v) is 9.18. The summed E-state index contributed by atoms with van der Waals surface area (Å²) in [7, 11) is 0. The highest BCUT2D eigenvalue weighted by molar-refractivity contribution is 6.02. The maximum absolute atomic E-state index is 17.3. The zero-order chi connectivity index (χ0) is 32.9. The Kier molecular flexibility index (Phi) is 7.13. The number of pyridine rings is 1.